The zero-order chi connectivity index (χ0) is 14.0. The molecule has 104 valence electrons. The molecule has 0 N–H and O–H groups in total. The van der Waals surface area contributed by atoms with Crippen molar-refractivity contribution >= 4 is 23.0 Å². The van der Waals surface area contributed by atoms with E-state index in [0.29, 0.717) is 36.3 Å². The second-order valence-corrected chi connectivity index (χ2v) is 5.43. The summed E-state index contributed by atoms with van der Waals surface area (Å²) in [6.07, 6.45) is 0.101. The third kappa shape index (κ3) is 3.16. The highest BCUT2D eigenvalue weighted by Crippen LogP contribution is 2.32. The highest BCUT2D eigenvalue weighted by atomic mass is 35.5. The van der Waals surface area contributed by atoms with Crippen LogP contribution in [0.15, 0.2) is 18.2 Å². The second-order valence-electron chi connectivity index (χ2n) is 4.99. The molecule has 2 rings (SSSR count). The molecular weight excluding hydrogens is 268 g/mol. The third-order valence-electron chi connectivity index (χ3n) is 3.31. The van der Waals surface area contributed by atoms with Crippen LogP contribution < -0.4 is 4.90 Å². The molecule has 0 spiro atoms. The molecule has 1 aliphatic rings. The molecule has 1 atom stereocenters. The van der Waals surface area contributed by atoms with Crippen molar-refractivity contribution < 1.29 is 9.66 Å². The maximum atomic E-state index is 11.1. The van der Waals surface area contributed by atoms with Crippen molar-refractivity contribution in [3.8, 4) is 0 Å². The largest absolute Gasteiger partial charge is 0.374 e. The Balaban J connectivity index is 2.28. The smallest absolute Gasteiger partial charge is 0.294 e. The van der Waals surface area contributed by atoms with Crippen LogP contribution in [0.2, 0.25) is 5.02 Å². The van der Waals surface area contributed by atoms with Crippen LogP contribution in [0.3, 0.4) is 0 Å². The van der Waals surface area contributed by atoms with E-state index in [2.05, 4.69) is 13.8 Å². The first-order valence-electron chi connectivity index (χ1n) is 6.29. The van der Waals surface area contributed by atoms with Gasteiger partial charge in [0.25, 0.3) is 5.69 Å². The first-order chi connectivity index (χ1) is 8.99. The number of hydrogen-bond acceptors (Lipinski definition) is 4. The Morgan fingerprint density at radius 1 is 1.53 bits per heavy atom. The van der Waals surface area contributed by atoms with Gasteiger partial charge in [0.2, 0.25) is 0 Å². The summed E-state index contributed by atoms with van der Waals surface area (Å²) in [6, 6.07) is 4.80. The minimum Gasteiger partial charge on any atom is -0.374 e. The zero-order valence-corrected chi connectivity index (χ0v) is 11.8. The van der Waals surface area contributed by atoms with E-state index in [1.165, 1.54) is 6.07 Å². The second kappa shape index (κ2) is 5.75. The Bertz CT molecular complexity index is 479. The van der Waals surface area contributed by atoms with Crippen LogP contribution in [0.5, 0.6) is 0 Å². The van der Waals surface area contributed by atoms with Crippen molar-refractivity contribution in [3.05, 3.63) is 33.3 Å². The van der Waals surface area contributed by atoms with Crippen molar-refractivity contribution in [1.82, 2.24) is 0 Å². The molecule has 0 saturated carbocycles. The van der Waals surface area contributed by atoms with Crippen LogP contribution in [-0.4, -0.2) is 30.7 Å². The Kier molecular flexibility index (Phi) is 4.27. The molecule has 1 unspecified atom stereocenters. The summed E-state index contributed by atoms with van der Waals surface area (Å²) in [4.78, 5) is 12.7. The van der Waals surface area contributed by atoms with E-state index in [0.717, 1.165) is 0 Å². The summed E-state index contributed by atoms with van der Waals surface area (Å²) in [5, 5.41) is 11.5. The number of hydrogen-bond donors (Lipinski definition) is 0. The Morgan fingerprint density at radius 3 is 2.89 bits per heavy atom. The quantitative estimate of drug-likeness (QED) is 0.632. The first kappa shape index (κ1) is 14.1. The molecule has 1 aliphatic heterocycles. The van der Waals surface area contributed by atoms with Crippen LogP contribution in [0.4, 0.5) is 11.4 Å². The number of rotatable bonds is 3. The lowest BCUT2D eigenvalue weighted by atomic mass is 10.1. The van der Waals surface area contributed by atoms with E-state index in [1.54, 1.807) is 12.1 Å². The molecule has 1 aromatic rings. The minimum absolute atomic E-state index is 0.0527. The van der Waals surface area contributed by atoms with E-state index in [4.69, 9.17) is 16.3 Å². The van der Waals surface area contributed by atoms with Gasteiger partial charge in [0.1, 0.15) is 5.69 Å². The molecular formula is C13H17ClN2O3. The number of benzene rings is 1. The topological polar surface area (TPSA) is 55.6 Å². The average Bonchev–Trinajstić information content (AvgIpc) is 2.38. The van der Waals surface area contributed by atoms with E-state index in [1.807, 2.05) is 4.90 Å². The van der Waals surface area contributed by atoms with Gasteiger partial charge in [-0.05, 0) is 18.1 Å². The molecule has 0 bridgehead atoms. The Hall–Kier alpha value is -1.33. The fraction of sp³-hybridized carbons (Fsp3) is 0.538. The molecule has 0 aromatic heterocycles. The predicted molar refractivity (Wildman–Crippen MR) is 74.9 cm³/mol. The summed E-state index contributed by atoms with van der Waals surface area (Å²) in [5.41, 5.74) is 0.667. The van der Waals surface area contributed by atoms with E-state index in [9.17, 15) is 10.1 Å². The summed E-state index contributed by atoms with van der Waals surface area (Å²) in [7, 11) is 0. The van der Waals surface area contributed by atoms with Gasteiger partial charge in [-0.3, -0.25) is 10.1 Å². The summed E-state index contributed by atoms with van der Waals surface area (Å²) in [5.74, 6) is 0.383. The van der Waals surface area contributed by atoms with Crippen molar-refractivity contribution in [2.75, 3.05) is 24.6 Å². The first-order valence-corrected chi connectivity index (χ1v) is 6.67. The molecule has 6 heteroatoms. The van der Waals surface area contributed by atoms with Gasteiger partial charge in [-0.25, -0.2) is 0 Å². The van der Waals surface area contributed by atoms with Crippen LogP contribution in [0, 0.1) is 16.0 Å². The predicted octanol–water partition coefficient (Wildman–Crippen LogP) is 3.11. The highest BCUT2D eigenvalue weighted by Gasteiger charge is 2.27. The molecule has 1 fully saturated rings. The maximum absolute atomic E-state index is 11.1. The average molecular weight is 285 g/mol. The maximum Gasteiger partial charge on any atom is 0.294 e. The number of anilines is 1. The lowest BCUT2D eigenvalue weighted by molar-refractivity contribution is -0.384. The summed E-state index contributed by atoms with van der Waals surface area (Å²) < 4.78 is 5.68. The lowest BCUT2D eigenvalue weighted by Crippen LogP contribution is -2.44. The van der Waals surface area contributed by atoms with Crippen LogP contribution >= 0.6 is 11.6 Å². The van der Waals surface area contributed by atoms with Gasteiger partial charge in [-0.15, -0.1) is 0 Å². The van der Waals surface area contributed by atoms with Crippen molar-refractivity contribution in [1.29, 1.82) is 0 Å². The van der Waals surface area contributed by atoms with Crippen molar-refractivity contribution in [3.63, 3.8) is 0 Å². The minimum atomic E-state index is -0.388. The van der Waals surface area contributed by atoms with Gasteiger partial charge in [-0.1, -0.05) is 25.4 Å². The van der Waals surface area contributed by atoms with Gasteiger partial charge in [0.15, 0.2) is 0 Å². The number of ether oxygens (including phenoxy) is 1. The molecule has 0 radical (unpaired) electrons. The third-order valence-corrected chi connectivity index (χ3v) is 3.55. The van der Waals surface area contributed by atoms with Gasteiger partial charge in [-0.2, -0.15) is 0 Å². The number of nitrogens with zero attached hydrogens (tertiary/aromatic N) is 2. The SMILES string of the molecule is CC(C)C1CN(c2ccc(Cl)cc2[N+](=O)[O-])CCO1. The molecule has 0 aliphatic carbocycles. The van der Waals surface area contributed by atoms with Gasteiger partial charge >= 0.3 is 0 Å². The number of nitro groups is 1. The van der Waals surface area contributed by atoms with Gasteiger partial charge in [0.05, 0.1) is 17.6 Å². The normalized spacial score (nSPS) is 19.8. The summed E-state index contributed by atoms with van der Waals surface area (Å²) >= 11 is 5.83. The van der Waals surface area contributed by atoms with Gasteiger partial charge < -0.3 is 9.64 Å². The highest BCUT2D eigenvalue weighted by molar-refractivity contribution is 6.30. The van der Waals surface area contributed by atoms with Crippen molar-refractivity contribution in [2.45, 2.75) is 20.0 Å². The Morgan fingerprint density at radius 2 is 2.26 bits per heavy atom. The van der Waals surface area contributed by atoms with E-state index < -0.39 is 0 Å². The number of nitro benzene ring substituents is 1. The van der Waals surface area contributed by atoms with Crippen LogP contribution in [0.1, 0.15) is 13.8 Å². The van der Waals surface area contributed by atoms with E-state index in [-0.39, 0.29) is 16.7 Å². The zero-order valence-electron chi connectivity index (χ0n) is 11.0. The van der Waals surface area contributed by atoms with Crippen LogP contribution in [0.25, 0.3) is 0 Å². The standard InChI is InChI=1S/C13H17ClN2O3/c1-9(2)13-8-15(5-6-19-13)11-4-3-10(14)7-12(11)16(17)18/h3-4,7,9,13H,5-6,8H2,1-2H3. The molecule has 1 heterocycles. The molecule has 0 amide bonds. The number of halogens is 1. The molecule has 19 heavy (non-hydrogen) atoms. The van der Waals surface area contributed by atoms with Crippen molar-refractivity contribution in [2.24, 2.45) is 5.92 Å². The lowest BCUT2D eigenvalue weighted by Gasteiger charge is -2.36. The number of morpholine rings is 1. The fourth-order valence-corrected chi connectivity index (χ4v) is 2.37. The van der Waals surface area contributed by atoms with Gasteiger partial charge in [0, 0.05) is 24.2 Å². The fourth-order valence-electron chi connectivity index (χ4n) is 2.21. The molecule has 5 nitrogen and oxygen atoms in total. The molecule has 1 aromatic carbocycles. The molecule has 1 saturated heterocycles. The monoisotopic (exact) mass is 284 g/mol. The Labute approximate surface area is 117 Å². The van der Waals surface area contributed by atoms with Crippen LogP contribution in [-0.2, 0) is 4.74 Å². The van der Waals surface area contributed by atoms with E-state index >= 15 is 0 Å². The summed E-state index contributed by atoms with van der Waals surface area (Å²) in [6.45, 7) is 6.09.